The fourth-order valence-electron chi connectivity index (χ4n) is 1.92. The predicted octanol–water partition coefficient (Wildman–Crippen LogP) is 4.16. The van der Waals surface area contributed by atoms with Gasteiger partial charge in [0.15, 0.2) is 9.84 Å². The van der Waals surface area contributed by atoms with Crippen LogP contribution in [0.2, 0.25) is 0 Å². The Hall–Kier alpha value is -1.40. The maximum absolute atomic E-state index is 13.5. The molecule has 0 aliphatic heterocycles. The van der Waals surface area contributed by atoms with Crippen LogP contribution >= 0.6 is 15.9 Å². The highest BCUT2D eigenvalue weighted by molar-refractivity contribution is 9.10. The molecular formula is C15H15BrFNO2S. The van der Waals surface area contributed by atoms with E-state index < -0.39 is 9.84 Å². The van der Waals surface area contributed by atoms with Crippen molar-refractivity contribution in [3.8, 4) is 0 Å². The van der Waals surface area contributed by atoms with E-state index >= 15 is 0 Å². The molecule has 6 heteroatoms. The standard InChI is InChI=1S/C15H15BrFNO2S/c1-10(18-12-5-8-14(16)15(17)9-12)11-3-6-13(7-4-11)21(2,19)20/h3-10,18H,1-2H3. The van der Waals surface area contributed by atoms with Gasteiger partial charge in [-0.3, -0.25) is 0 Å². The van der Waals surface area contributed by atoms with Gasteiger partial charge in [0.1, 0.15) is 5.82 Å². The molecule has 2 aromatic carbocycles. The molecule has 0 aliphatic rings. The first-order chi connectivity index (χ1) is 9.77. The van der Waals surface area contributed by atoms with Crippen LogP contribution in [0.1, 0.15) is 18.5 Å². The van der Waals surface area contributed by atoms with Gasteiger partial charge < -0.3 is 5.32 Å². The SMILES string of the molecule is CC(Nc1ccc(Br)c(F)c1)c1ccc(S(C)(=O)=O)cc1. The zero-order valence-corrected chi connectivity index (χ0v) is 14.0. The molecule has 0 aromatic heterocycles. The fourth-order valence-corrected chi connectivity index (χ4v) is 2.80. The minimum atomic E-state index is -3.19. The zero-order valence-electron chi connectivity index (χ0n) is 11.6. The lowest BCUT2D eigenvalue weighted by Gasteiger charge is -2.16. The summed E-state index contributed by atoms with van der Waals surface area (Å²) in [7, 11) is -3.19. The number of benzene rings is 2. The minimum absolute atomic E-state index is 0.0702. The van der Waals surface area contributed by atoms with E-state index in [4.69, 9.17) is 0 Å². The summed E-state index contributed by atoms with van der Waals surface area (Å²) in [6.45, 7) is 1.93. The van der Waals surface area contributed by atoms with Crippen molar-refractivity contribution in [2.45, 2.75) is 17.9 Å². The Morgan fingerprint density at radius 2 is 1.76 bits per heavy atom. The topological polar surface area (TPSA) is 46.2 Å². The summed E-state index contributed by atoms with van der Waals surface area (Å²) in [6, 6.07) is 11.4. The summed E-state index contributed by atoms with van der Waals surface area (Å²) in [5.74, 6) is -0.334. The first-order valence-electron chi connectivity index (χ1n) is 6.29. The number of anilines is 1. The molecule has 1 unspecified atom stereocenters. The second-order valence-electron chi connectivity index (χ2n) is 4.84. The summed E-state index contributed by atoms with van der Waals surface area (Å²) in [5, 5.41) is 3.17. The number of sulfone groups is 1. The monoisotopic (exact) mass is 371 g/mol. The molecule has 3 nitrogen and oxygen atoms in total. The quantitative estimate of drug-likeness (QED) is 0.877. The molecule has 0 aliphatic carbocycles. The van der Waals surface area contributed by atoms with Crippen LogP contribution in [0.15, 0.2) is 51.8 Å². The first-order valence-corrected chi connectivity index (χ1v) is 8.97. The average molecular weight is 372 g/mol. The highest BCUT2D eigenvalue weighted by Gasteiger charge is 2.10. The predicted molar refractivity (Wildman–Crippen MR) is 85.7 cm³/mol. The summed E-state index contributed by atoms with van der Waals surface area (Å²) < 4.78 is 36.7. The Kier molecular flexibility index (Phi) is 4.68. The molecule has 0 saturated carbocycles. The van der Waals surface area contributed by atoms with E-state index in [1.54, 1.807) is 36.4 Å². The van der Waals surface area contributed by atoms with Crippen molar-refractivity contribution in [3.05, 3.63) is 58.3 Å². The first kappa shape index (κ1) is 16.0. The van der Waals surface area contributed by atoms with E-state index in [2.05, 4.69) is 21.2 Å². The van der Waals surface area contributed by atoms with Crippen molar-refractivity contribution in [3.63, 3.8) is 0 Å². The lowest BCUT2D eigenvalue weighted by Crippen LogP contribution is -2.07. The number of hydrogen-bond acceptors (Lipinski definition) is 3. The van der Waals surface area contributed by atoms with Crippen LogP contribution in [0.4, 0.5) is 10.1 Å². The van der Waals surface area contributed by atoms with Gasteiger partial charge in [0, 0.05) is 18.0 Å². The molecule has 0 heterocycles. The van der Waals surface area contributed by atoms with E-state index in [0.717, 1.165) is 5.56 Å². The number of halogens is 2. The Morgan fingerprint density at radius 3 is 2.29 bits per heavy atom. The summed E-state index contributed by atoms with van der Waals surface area (Å²) in [4.78, 5) is 0.285. The van der Waals surface area contributed by atoms with Crippen LogP contribution in [0.3, 0.4) is 0 Å². The number of nitrogens with one attached hydrogen (secondary N) is 1. The van der Waals surface area contributed by atoms with Gasteiger partial charge in [-0.25, -0.2) is 12.8 Å². The zero-order chi connectivity index (χ0) is 15.6. The van der Waals surface area contributed by atoms with Crippen molar-refractivity contribution in [1.82, 2.24) is 0 Å². The molecule has 0 saturated heterocycles. The van der Waals surface area contributed by atoms with Crippen LogP contribution in [0.5, 0.6) is 0 Å². The lowest BCUT2D eigenvalue weighted by molar-refractivity contribution is 0.601. The molecule has 0 bridgehead atoms. The molecular weight excluding hydrogens is 357 g/mol. The molecule has 1 N–H and O–H groups in total. The van der Waals surface area contributed by atoms with E-state index in [0.29, 0.717) is 10.2 Å². The van der Waals surface area contributed by atoms with E-state index in [-0.39, 0.29) is 16.8 Å². The Bertz CT molecular complexity index is 745. The Labute approximate surface area is 132 Å². The maximum Gasteiger partial charge on any atom is 0.175 e. The van der Waals surface area contributed by atoms with Gasteiger partial charge >= 0.3 is 0 Å². The van der Waals surface area contributed by atoms with Crippen molar-refractivity contribution in [1.29, 1.82) is 0 Å². The number of rotatable bonds is 4. The highest BCUT2D eigenvalue weighted by atomic mass is 79.9. The molecule has 2 aromatic rings. The molecule has 0 spiro atoms. The average Bonchev–Trinajstić information content (AvgIpc) is 2.42. The summed E-state index contributed by atoms with van der Waals surface area (Å²) in [6.07, 6.45) is 1.17. The largest absolute Gasteiger partial charge is 0.378 e. The van der Waals surface area contributed by atoms with Gasteiger partial charge in [-0.2, -0.15) is 0 Å². The lowest BCUT2D eigenvalue weighted by atomic mass is 10.1. The van der Waals surface area contributed by atoms with Crippen LogP contribution in [0, 0.1) is 5.82 Å². The molecule has 0 radical (unpaired) electrons. The molecule has 21 heavy (non-hydrogen) atoms. The third-order valence-corrected chi connectivity index (χ3v) is 4.88. The second kappa shape index (κ2) is 6.15. The summed E-state index contributed by atoms with van der Waals surface area (Å²) in [5.41, 5.74) is 1.58. The normalized spacial score (nSPS) is 13.0. The third kappa shape index (κ3) is 4.04. The van der Waals surface area contributed by atoms with Crippen molar-refractivity contribution in [2.75, 3.05) is 11.6 Å². The Balaban J connectivity index is 2.16. The van der Waals surface area contributed by atoms with Crippen molar-refractivity contribution < 1.29 is 12.8 Å². The van der Waals surface area contributed by atoms with Crippen molar-refractivity contribution >= 4 is 31.5 Å². The molecule has 0 fully saturated rings. The van der Waals surface area contributed by atoms with E-state index in [1.165, 1.54) is 12.3 Å². The van der Waals surface area contributed by atoms with Crippen LogP contribution in [-0.2, 0) is 9.84 Å². The molecule has 1 atom stereocenters. The van der Waals surface area contributed by atoms with E-state index in [1.807, 2.05) is 6.92 Å². The van der Waals surface area contributed by atoms with Gasteiger partial charge in [-0.15, -0.1) is 0 Å². The van der Waals surface area contributed by atoms with Crippen molar-refractivity contribution in [2.24, 2.45) is 0 Å². The Morgan fingerprint density at radius 1 is 1.14 bits per heavy atom. The maximum atomic E-state index is 13.5. The number of hydrogen-bond donors (Lipinski definition) is 1. The van der Waals surface area contributed by atoms with Gasteiger partial charge in [-0.1, -0.05) is 12.1 Å². The fraction of sp³-hybridized carbons (Fsp3) is 0.200. The summed E-state index contributed by atoms with van der Waals surface area (Å²) >= 11 is 3.11. The second-order valence-corrected chi connectivity index (χ2v) is 7.71. The van der Waals surface area contributed by atoms with E-state index in [9.17, 15) is 12.8 Å². The van der Waals surface area contributed by atoms with Gasteiger partial charge in [-0.05, 0) is 58.7 Å². The van der Waals surface area contributed by atoms with Gasteiger partial charge in [0.25, 0.3) is 0 Å². The third-order valence-electron chi connectivity index (χ3n) is 3.11. The van der Waals surface area contributed by atoms with Crippen LogP contribution < -0.4 is 5.32 Å². The van der Waals surface area contributed by atoms with Gasteiger partial charge in [0.05, 0.1) is 9.37 Å². The minimum Gasteiger partial charge on any atom is -0.378 e. The molecule has 0 amide bonds. The highest BCUT2D eigenvalue weighted by Crippen LogP contribution is 2.24. The smallest absolute Gasteiger partial charge is 0.175 e. The van der Waals surface area contributed by atoms with Gasteiger partial charge in [0.2, 0.25) is 0 Å². The van der Waals surface area contributed by atoms with Crippen LogP contribution in [-0.4, -0.2) is 14.7 Å². The molecule has 112 valence electrons. The molecule has 2 rings (SSSR count). The van der Waals surface area contributed by atoms with Crippen LogP contribution in [0.25, 0.3) is 0 Å².